The zero-order chi connectivity index (χ0) is 20.7. The standard InChI is InChI=1S/C19H22ClFN6O2/c1-9-15-17(27(3)10(2)18(28)25-15)26-19(23-9)24-12-4-11(5-12)8-29-13-6-14(21)16(20)22-7-13/h6-7,10-12H,4-5,8H2,1-3H3,(H,25,28)(H,23,24,26)/t10-,11?,12?/m0/s1. The van der Waals surface area contributed by atoms with Gasteiger partial charge in [0.25, 0.3) is 0 Å². The zero-order valence-electron chi connectivity index (χ0n) is 16.4. The van der Waals surface area contributed by atoms with Crippen molar-refractivity contribution in [1.29, 1.82) is 0 Å². The Kier molecular flexibility index (Phi) is 5.16. The van der Waals surface area contributed by atoms with Crippen LogP contribution in [-0.2, 0) is 4.79 Å². The molecular formula is C19H22ClFN6O2. The van der Waals surface area contributed by atoms with Crippen LogP contribution in [0.5, 0.6) is 5.75 Å². The van der Waals surface area contributed by atoms with Crippen LogP contribution >= 0.6 is 11.6 Å². The Hall–Kier alpha value is -2.68. The lowest BCUT2D eigenvalue weighted by Crippen LogP contribution is -2.45. The van der Waals surface area contributed by atoms with Crippen LogP contribution in [0.3, 0.4) is 0 Å². The van der Waals surface area contributed by atoms with Gasteiger partial charge in [0.15, 0.2) is 16.8 Å². The number of pyridine rings is 1. The second-order valence-electron chi connectivity index (χ2n) is 7.54. The lowest BCUT2D eigenvalue weighted by atomic mass is 9.81. The van der Waals surface area contributed by atoms with Crippen molar-refractivity contribution >= 4 is 35.0 Å². The molecule has 2 aliphatic rings. The van der Waals surface area contributed by atoms with Gasteiger partial charge in [-0.25, -0.2) is 14.4 Å². The van der Waals surface area contributed by atoms with Crippen LogP contribution in [0, 0.1) is 18.7 Å². The first-order chi connectivity index (χ1) is 13.8. The van der Waals surface area contributed by atoms with E-state index >= 15 is 0 Å². The molecule has 154 valence electrons. The average molecular weight is 421 g/mol. The Balaban J connectivity index is 1.33. The molecule has 3 heterocycles. The summed E-state index contributed by atoms with van der Waals surface area (Å²) >= 11 is 5.57. The normalized spacial score (nSPS) is 23.1. The number of nitrogens with one attached hydrogen (secondary N) is 2. The predicted octanol–water partition coefficient (Wildman–Crippen LogP) is 3.02. The summed E-state index contributed by atoms with van der Waals surface area (Å²) < 4.78 is 19.0. The molecule has 0 radical (unpaired) electrons. The van der Waals surface area contributed by atoms with Gasteiger partial charge in [-0.05, 0) is 32.6 Å². The number of anilines is 3. The molecule has 2 N–H and O–H groups in total. The molecule has 1 amide bonds. The fourth-order valence-corrected chi connectivity index (χ4v) is 3.58. The molecule has 0 saturated heterocycles. The minimum absolute atomic E-state index is 0.0648. The molecule has 29 heavy (non-hydrogen) atoms. The molecule has 4 rings (SSSR count). The van der Waals surface area contributed by atoms with E-state index in [2.05, 4.69) is 25.6 Å². The number of hydrogen-bond acceptors (Lipinski definition) is 7. The molecule has 1 aliphatic carbocycles. The van der Waals surface area contributed by atoms with E-state index in [-0.39, 0.29) is 23.1 Å². The van der Waals surface area contributed by atoms with E-state index in [1.807, 2.05) is 25.8 Å². The van der Waals surface area contributed by atoms with Crippen LogP contribution in [0.4, 0.5) is 21.8 Å². The zero-order valence-corrected chi connectivity index (χ0v) is 17.1. The first-order valence-electron chi connectivity index (χ1n) is 9.44. The van der Waals surface area contributed by atoms with Gasteiger partial charge in [-0.2, -0.15) is 4.98 Å². The number of amides is 1. The number of carbonyl (C=O) groups excluding carboxylic acids is 1. The first kappa shape index (κ1) is 19.6. The number of hydrogen-bond donors (Lipinski definition) is 2. The van der Waals surface area contributed by atoms with Gasteiger partial charge in [0.05, 0.1) is 18.5 Å². The molecule has 8 nitrogen and oxygen atoms in total. The Morgan fingerprint density at radius 2 is 2.17 bits per heavy atom. The lowest BCUT2D eigenvalue weighted by Gasteiger charge is -2.36. The summed E-state index contributed by atoms with van der Waals surface area (Å²) in [6.45, 7) is 4.17. The largest absolute Gasteiger partial charge is 0.492 e. The fraction of sp³-hybridized carbons (Fsp3) is 0.474. The maximum absolute atomic E-state index is 13.4. The highest BCUT2D eigenvalue weighted by Gasteiger charge is 2.33. The van der Waals surface area contributed by atoms with Crippen molar-refractivity contribution in [1.82, 2.24) is 15.0 Å². The van der Waals surface area contributed by atoms with Gasteiger partial charge in [-0.15, -0.1) is 0 Å². The van der Waals surface area contributed by atoms with Crippen molar-refractivity contribution in [2.75, 3.05) is 29.2 Å². The minimum atomic E-state index is -0.590. The molecular weight excluding hydrogens is 399 g/mol. The minimum Gasteiger partial charge on any atom is -0.492 e. The van der Waals surface area contributed by atoms with Crippen LogP contribution in [0.15, 0.2) is 12.3 Å². The van der Waals surface area contributed by atoms with Crippen LogP contribution < -0.4 is 20.3 Å². The second kappa shape index (κ2) is 7.62. The molecule has 0 spiro atoms. The van der Waals surface area contributed by atoms with E-state index in [0.717, 1.165) is 18.5 Å². The molecule has 1 saturated carbocycles. The molecule has 0 bridgehead atoms. The number of fused-ring (bicyclic) bond motifs is 1. The fourth-order valence-electron chi connectivity index (χ4n) is 3.48. The molecule has 1 fully saturated rings. The number of likely N-dealkylation sites (N-methyl/N-ethyl adjacent to an activating group) is 1. The predicted molar refractivity (Wildman–Crippen MR) is 108 cm³/mol. The van der Waals surface area contributed by atoms with E-state index in [9.17, 15) is 9.18 Å². The number of nitrogens with zero attached hydrogens (tertiary/aromatic N) is 4. The lowest BCUT2D eigenvalue weighted by molar-refractivity contribution is -0.117. The Morgan fingerprint density at radius 3 is 2.90 bits per heavy atom. The average Bonchev–Trinajstić information content (AvgIpc) is 2.65. The third-order valence-electron chi connectivity index (χ3n) is 5.44. The number of halogens is 2. The van der Waals surface area contributed by atoms with Crippen molar-refractivity contribution in [2.24, 2.45) is 5.92 Å². The third-order valence-corrected chi connectivity index (χ3v) is 5.72. The summed E-state index contributed by atoms with van der Waals surface area (Å²) in [7, 11) is 1.85. The molecule has 0 aromatic carbocycles. The summed E-state index contributed by atoms with van der Waals surface area (Å²) in [4.78, 5) is 26.7. The third kappa shape index (κ3) is 3.91. The van der Waals surface area contributed by atoms with Crippen molar-refractivity contribution in [2.45, 2.75) is 38.8 Å². The Labute approximate surface area is 172 Å². The van der Waals surface area contributed by atoms with Gasteiger partial charge < -0.3 is 20.3 Å². The van der Waals surface area contributed by atoms with Crippen LogP contribution in [0.25, 0.3) is 0 Å². The summed E-state index contributed by atoms with van der Waals surface area (Å²) in [6, 6.07) is 1.19. The number of aryl methyl sites for hydroxylation is 1. The van der Waals surface area contributed by atoms with Gasteiger partial charge >= 0.3 is 0 Å². The van der Waals surface area contributed by atoms with Gasteiger partial charge in [-0.1, -0.05) is 11.6 Å². The van der Waals surface area contributed by atoms with Gasteiger partial charge in [0.1, 0.15) is 17.5 Å². The van der Waals surface area contributed by atoms with E-state index in [1.165, 1.54) is 12.3 Å². The maximum Gasteiger partial charge on any atom is 0.246 e. The number of rotatable bonds is 5. The molecule has 2 aromatic heterocycles. The molecule has 1 aliphatic heterocycles. The highest BCUT2D eigenvalue weighted by atomic mass is 35.5. The maximum atomic E-state index is 13.4. The SMILES string of the molecule is Cc1nc(NC2CC(COc3cnc(Cl)c(F)c3)C2)nc2c1NC(=O)[C@H](C)N2C. The number of carbonyl (C=O) groups is 1. The smallest absolute Gasteiger partial charge is 0.246 e. The molecule has 10 heteroatoms. The second-order valence-corrected chi connectivity index (χ2v) is 7.90. The summed E-state index contributed by atoms with van der Waals surface area (Å²) in [5.41, 5.74) is 1.38. The summed E-state index contributed by atoms with van der Waals surface area (Å²) in [5.74, 6) is 1.33. The van der Waals surface area contributed by atoms with E-state index < -0.39 is 5.82 Å². The topological polar surface area (TPSA) is 92.3 Å². The van der Waals surface area contributed by atoms with Gasteiger partial charge in [0, 0.05) is 19.2 Å². The first-order valence-corrected chi connectivity index (χ1v) is 9.82. The quantitative estimate of drug-likeness (QED) is 0.718. The molecule has 1 atom stereocenters. The van der Waals surface area contributed by atoms with Gasteiger partial charge in [0.2, 0.25) is 11.9 Å². The Bertz CT molecular complexity index is 953. The van der Waals surface area contributed by atoms with Crippen molar-refractivity contribution in [3.63, 3.8) is 0 Å². The number of aromatic nitrogens is 3. The van der Waals surface area contributed by atoms with E-state index in [0.29, 0.717) is 35.7 Å². The van der Waals surface area contributed by atoms with Crippen LogP contribution in [-0.4, -0.2) is 46.6 Å². The van der Waals surface area contributed by atoms with Crippen LogP contribution in [0.2, 0.25) is 5.15 Å². The molecule has 2 aromatic rings. The summed E-state index contributed by atoms with van der Waals surface area (Å²) in [5, 5.41) is 6.07. The van der Waals surface area contributed by atoms with Crippen molar-refractivity contribution < 1.29 is 13.9 Å². The van der Waals surface area contributed by atoms with Crippen molar-refractivity contribution in [3.8, 4) is 5.75 Å². The van der Waals surface area contributed by atoms with E-state index in [1.54, 1.807) is 0 Å². The Morgan fingerprint density at radius 1 is 1.41 bits per heavy atom. The summed E-state index contributed by atoms with van der Waals surface area (Å²) in [6.07, 6.45) is 3.21. The van der Waals surface area contributed by atoms with E-state index in [4.69, 9.17) is 16.3 Å². The molecule has 0 unspecified atom stereocenters. The van der Waals surface area contributed by atoms with Gasteiger partial charge in [-0.3, -0.25) is 4.79 Å². The van der Waals surface area contributed by atoms with Crippen molar-refractivity contribution in [3.05, 3.63) is 28.9 Å². The number of ether oxygens (including phenoxy) is 1. The highest BCUT2D eigenvalue weighted by molar-refractivity contribution is 6.29. The monoisotopic (exact) mass is 420 g/mol. The highest BCUT2D eigenvalue weighted by Crippen LogP contribution is 2.34. The van der Waals surface area contributed by atoms with Crippen LogP contribution in [0.1, 0.15) is 25.5 Å².